The molecule has 8 heteroatoms. The summed E-state index contributed by atoms with van der Waals surface area (Å²) in [4.78, 5) is 33.1. The van der Waals surface area contributed by atoms with Crippen LogP contribution in [0.5, 0.6) is 0 Å². The Balaban J connectivity index is 1.43. The molecule has 5 heterocycles. The molecule has 4 aliphatic heterocycles. The molecule has 1 aromatic heterocycles. The fourth-order valence-electron chi connectivity index (χ4n) is 5.52. The van der Waals surface area contributed by atoms with Gasteiger partial charge in [-0.25, -0.2) is 35.3 Å². The summed E-state index contributed by atoms with van der Waals surface area (Å²) in [6, 6.07) is 32.0. The van der Waals surface area contributed by atoms with Gasteiger partial charge in [-0.3, -0.25) is 0 Å². The minimum Gasteiger partial charge on any atom is -0.324 e. The van der Waals surface area contributed by atoms with E-state index in [-0.39, 0.29) is 0 Å². The van der Waals surface area contributed by atoms with E-state index in [2.05, 4.69) is 4.98 Å². The summed E-state index contributed by atoms with van der Waals surface area (Å²) in [5.74, 6) is 3.42. The topological polar surface area (TPSA) is 104 Å². The standard InChI is InChI=1S/C32H17N8/c1-2-10-18-17(9-1)25-33-26(18)38-28-21-13-5-6-14-22(21)30(35-28)40-32-24-16-8-7-15-23(24)31(36-32)39-29-20-12-4-3-11-19(20)27(34-29)37-25/h1-16H,(H,33,34,35,37,38,39,40). The van der Waals surface area contributed by atoms with E-state index in [1.54, 1.807) is 0 Å². The van der Waals surface area contributed by atoms with Gasteiger partial charge in [0.15, 0.2) is 35.0 Å². The van der Waals surface area contributed by atoms with Crippen molar-refractivity contribution in [3.05, 3.63) is 141 Å². The van der Waals surface area contributed by atoms with E-state index in [0.717, 1.165) is 43.5 Å². The highest BCUT2D eigenvalue weighted by Crippen LogP contribution is 2.24. The quantitative estimate of drug-likeness (QED) is 0.328. The Bertz CT molecular complexity index is 2190. The number of hydrogen-bond acceptors (Lipinski definition) is 6. The summed E-state index contributed by atoms with van der Waals surface area (Å²) in [6.07, 6.45) is 0. The van der Waals surface area contributed by atoms with Crippen molar-refractivity contribution in [1.29, 1.82) is 0 Å². The summed E-state index contributed by atoms with van der Waals surface area (Å²) in [6.45, 7) is 0. The fourth-order valence-corrected chi connectivity index (χ4v) is 5.52. The van der Waals surface area contributed by atoms with Crippen molar-refractivity contribution in [2.75, 3.05) is 0 Å². The molecule has 0 atom stereocenters. The van der Waals surface area contributed by atoms with Gasteiger partial charge in [0, 0.05) is 43.5 Å². The monoisotopic (exact) mass is 513 g/mol. The molecule has 0 aliphatic carbocycles. The van der Waals surface area contributed by atoms with Crippen LogP contribution >= 0.6 is 0 Å². The van der Waals surface area contributed by atoms with Gasteiger partial charge in [0.2, 0.25) is 0 Å². The first kappa shape index (κ1) is 21.2. The predicted octanol–water partition coefficient (Wildman–Crippen LogP) is 2.28. The first-order valence-corrected chi connectivity index (χ1v) is 12.9. The zero-order chi connectivity index (χ0) is 26.2. The molecule has 40 heavy (non-hydrogen) atoms. The Morgan fingerprint density at radius 2 is 0.750 bits per heavy atom. The molecule has 8 nitrogen and oxygen atoms in total. The number of hydrogen-bond donors (Lipinski definition) is 1. The summed E-state index contributed by atoms with van der Waals surface area (Å²) in [5, 5.41) is 8.57. The molecule has 185 valence electrons. The Labute approximate surface area is 226 Å². The largest absolute Gasteiger partial charge is 0.324 e. The van der Waals surface area contributed by atoms with Crippen molar-refractivity contribution in [2.45, 2.75) is 0 Å². The lowest BCUT2D eigenvalue weighted by Crippen LogP contribution is -2.23. The number of rotatable bonds is 0. The lowest BCUT2D eigenvalue weighted by Gasteiger charge is -2.02. The van der Waals surface area contributed by atoms with E-state index in [4.69, 9.17) is 35.3 Å². The highest BCUT2D eigenvalue weighted by atomic mass is 15.2. The lowest BCUT2D eigenvalue weighted by atomic mass is 10.1. The van der Waals surface area contributed by atoms with Gasteiger partial charge >= 0.3 is 0 Å². The van der Waals surface area contributed by atoms with E-state index in [1.807, 2.05) is 97.1 Å². The average molecular weight is 514 g/mol. The maximum Gasteiger partial charge on any atom is 0.164 e. The summed E-state index contributed by atoms with van der Waals surface area (Å²) >= 11 is 0. The van der Waals surface area contributed by atoms with Crippen LogP contribution in [0.1, 0.15) is 22.3 Å². The van der Waals surface area contributed by atoms with Gasteiger partial charge in [0.1, 0.15) is 11.0 Å². The van der Waals surface area contributed by atoms with Crippen molar-refractivity contribution >= 4 is 45.8 Å². The first-order valence-electron chi connectivity index (χ1n) is 12.9. The minimum atomic E-state index is 0.560. The summed E-state index contributed by atoms with van der Waals surface area (Å²) in [7, 11) is 0. The number of benzene rings is 4. The number of amidine groups is 4. The molecule has 0 saturated heterocycles. The van der Waals surface area contributed by atoms with Crippen molar-refractivity contribution < 1.29 is 0 Å². The number of nitrogens with zero attached hydrogens (tertiary/aromatic N) is 7. The number of aliphatic imine (C=N–C) groups is 4. The maximum absolute atomic E-state index is 5.00. The third kappa shape index (κ3) is 3.01. The molecular weight excluding hydrogens is 496 g/mol. The Hall–Kier alpha value is -5.76. The van der Waals surface area contributed by atoms with Gasteiger partial charge in [0.25, 0.3) is 0 Å². The molecule has 4 aliphatic rings. The van der Waals surface area contributed by atoms with Gasteiger partial charge < -0.3 is 4.98 Å². The molecule has 1 N–H and O–H groups in total. The molecule has 9 rings (SSSR count). The van der Waals surface area contributed by atoms with Gasteiger partial charge in [-0.1, -0.05) is 97.1 Å². The Morgan fingerprint density at radius 3 is 1.20 bits per heavy atom. The SMILES string of the molecule is c1ccc2c(c1)C1=NC2=NC2=c3ccccc3=C([N]2)N=C2N=C(N=c3[nH]c(c4ccccc34)=N1)c1ccccc12. The highest BCUT2D eigenvalue weighted by Gasteiger charge is 2.26. The number of H-pyrrole nitrogens is 1. The predicted molar refractivity (Wildman–Crippen MR) is 154 cm³/mol. The number of fused-ring (bicyclic) bond motifs is 16. The van der Waals surface area contributed by atoms with E-state index in [0.29, 0.717) is 46.0 Å². The molecule has 5 aromatic rings. The second-order valence-corrected chi connectivity index (χ2v) is 9.73. The molecule has 0 amide bonds. The molecular formula is C32H17N8. The maximum atomic E-state index is 5.00. The van der Waals surface area contributed by atoms with Crippen molar-refractivity contribution in [3.63, 3.8) is 0 Å². The molecule has 0 saturated carbocycles. The van der Waals surface area contributed by atoms with Crippen LogP contribution in [0, 0.1) is 0 Å². The van der Waals surface area contributed by atoms with Gasteiger partial charge in [-0.2, -0.15) is 0 Å². The molecule has 0 spiro atoms. The van der Waals surface area contributed by atoms with Gasteiger partial charge in [-0.05, 0) is 0 Å². The molecule has 1 radical (unpaired) electrons. The summed E-state index contributed by atoms with van der Waals surface area (Å²) < 4.78 is 0. The van der Waals surface area contributed by atoms with Crippen LogP contribution in [0.2, 0.25) is 0 Å². The van der Waals surface area contributed by atoms with Crippen molar-refractivity contribution in [2.24, 2.45) is 30.0 Å². The highest BCUT2D eigenvalue weighted by molar-refractivity contribution is 6.24. The molecule has 4 aromatic carbocycles. The van der Waals surface area contributed by atoms with E-state index in [1.165, 1.54) is 0 Å². The minimum absolute atomic E-state index is 0.560. The van der Waals surface area contributed by atoms with Crippen LogP contribution in [0.4, 0.5) is 0 Å². The third-order valence-corrected chi connectivity index (χ3v) is 7.40. The van der Waals surface area contributed by atoms with Crippen LogP contribution < -0.4 is 26.7 Å². The van der Waals surface area contributed by atoms with E-state index >= 15 is 0 Å². The van der Waals surface area contributed by atoms with Crippen molar-refractivity contribution in [3.8, 4) is 0 Å². The van der Waals surface area contributed by atoms with E-state index < -0.39 is 0 Å². The van der Waals surface area contributed by atoms with Crippen LogP contribution in [0.15, 0.2) is 127 Å². The number of aromatic amines is 1. The molecule has 8 bridgehead atoms. The van der Waals surface area contributed by atoms with Crippen LogP contribution in [0.25, 0.3) is 22.4 Å². The zero-order valence-corrected chi connectivity index (χ0v) is 20.9. The average Bonchev–Trinajstić information content (AvgIpc) is 3.73. The lowest BCUT2D eigenvalue weighted by molar-refractivity contribution is 1.14. The van der Waals surface area contributed by atoms with Crippen LogP contribution in [0.3, 0.4) is 0 Å². The Morgan fingerprint density at radius 1 is 0.375 bits per heavy atom. The number of aromatic nitrogens is 1. The number of nitrogens with one attached hydrogen (secondary N) is 1. The molecule has 0 unspecified atom stereocenters. The van der Waals surface area contributed by atoms with E-state index in [9.17, 15) is 0 Å². The van der Waals surface area contributed by atoms with Crippen LogP contribution in [-0.2, 0) is 0 Å². The molecule has 0 fully saturated rings. The third-order valence-electron chi connectivity index (χ3n) is 7.40. The van der Waals surface area contributed by atoms with Gasteiger partial charge in [0.05, 0.1) is 0 Å². The normalized spacial score (nSPS) is 16.1. The van der Waals surface area contributed by atoms with Crippen molar-refractivity contribution in [1.82, 2.24) is 10.3 Å². The second kappa shape index (κ2) is 7.87. The van der Waals surface area contributed by atoms with Crippen LogP contribution in [-0.4, -0.2) is 28.3 Å². The smallest absolute Gasteiger partial charge is 0.164 e. The fraction of sp³-hybridized carbons (Fsp3) is 0. The second-order valence-electron chi connectivity index (χ2n) is 9.73. The first-order chi connectivity index (χ1) is 19.8. The summed E-state index contributed by atoms with van der Waals surface area (Å²) in [5.41, 5.74) is 5.00. The Kier molecular flexibility index (Phi) is 4.17. The zero-order valence-electron chi connectivity index (χ0n) is 20.9. The van der Waals surface area contributed by atoms with Gasteiger partial charge in [-0.15, -0.1) is 0 Å².